The third-order valence-corrected chi connectivity index (χ3v) is 3.91. The quantitative estimate of drug-likeness (QED) is 0.347. The van der Waals surface area contributed by atoms with Gasteiger partial charge in [-0.3, -0.25) is 4.79 Å². The van der Waals surface area contributed by atoms with E-state index in [0.29, 0.717) is 18.4 Å². The van der Waals surface area contributed by atoms with Crippen molar-refractivity contribution < 1.29 is 38.0 Å². The van der Waals surface area contributed by atoms with Gasteiger partial charge in [0.2, 0.25) is 0 Å². The summed E-state index contributed by atoms with van der Waals surface area (Å²) < 4.78 is 6.22. The molecule has 0 aromatic rings. The average molecular weight is 325 g/mol. The lowest BCUT2D eigenvalue weighted by Crippen LogP contribution is -3.00. The van der Waals surface area contributed by atoms with E-state index in [0.717, 1.165) is 0 Å². The summed E-state index contributed by atoms with van der Waals surface area (Å²) in [6.45, 7) is 6.07. The summed E-state index contributed by atoms with van der Waals surface area (Å²) in [6.07, 6.45) is 3.07. The summed E-state index contributed by atoms with van der Waals surface area (Å²) in [6, 6.07) is 0. The van der Waals surface area contributed by atoms with Gasteiger partial charge < -0.3 is 33.2 Å². The fraction of sp³-hybridized carbons (Fsp3) is 0.909. The maximum absolute atomic E-state index is 11.5. The van der Waals surface area contributed by atoms with E-state index in [1.807, 2.05) is 6.92 Å². The number of carbonyl (C=O) groups is 1. The van der Waals surface area contributed by atoms with Crippen molar-refractivity contribution in [3.8, 4) is 0 Å². The van der Waals surface area contributed by atoms with E-state index in [4.69, 9.17) is 4.74 Å². The Morgan fingerprint density at radius 1 is 1.40 bits per heavy atom. The number of ether oxygens (including phenoxy) is 1. The zero-order valence-electron chi connectivity index (χ0n) is 9.59. The molecule has 0 unspecified atom stereocenters. The molecule has 2 saturated heterocycles. The van der Waals surface area contributed by atoms with Crippen molar-refractivity contribution in [1.29, 1.82) is 0 Å². The van der Waals surface area contributed by atoms with E-state index in [9.17, 15) is 4.79 Å². The van der Waals surface area contributed by atoms with Gasteiger partial charge in [-0.05, 0) is 6.92 Å². The Morgan fingerprint density at radius 2 is 2.00 bits per heavy atom. The molecule has 0 radical (unpaired) electrons. The second kappa shape index (κ2) is 4.57. The van der Waals surface area contributed by atoms with Crippen molar-refractivity contribution >= 4 is 5.97 Å². The largest absolute Gasteiger partial charge is 1.00 e. The van der Waals surface area contributed by atoms with E-state index in [1.54, 1.807) is 0 Å². The van der Waals surface area contributed by atoms with E-state index >= 15 is 0 Å². The molecule has 0 N–H and O–H groups in total. The minimum Gasteiger partial charge on any atom is -1.00 e. The van der Waals surface area contributed by atoms with Crippen LogP contribution in [0.2, 0.25) is 0 Å². The molecule has 2 aliphatic heterocycles. The Morgan fingerprint density at radius 3 is 2.40 bits per heavy atom. The van der Waals surface area contributed by atoms with Crippen LogP contribution in [0.4, 0.5) is 0 Å². The number of piperidine rings is 1. The van der Waals surface area contributed by atoms with Crippen LogP contribution in [0.25, 0.3) is 0 Å². The van der Waals surface area contributed by atoms with Crippen LogP contribution in [0, 0.1) is 5.41 Å². The molecule has 4 heteroatoms. The van der Waals surface area contributed by atoms with Crippen molar-refractivity contribution in [2.75, 3.05) is 33.3 Å². The predicted octanol–water partition coefficient (Wildman–Crippen LogP) is -1.82. The Balaban J connectivity index is 0.00000112. The maximum atomic E-state index is 11.5. The summed E-state index contributed by atoms with van der Waals surface area (Å²) in [5, 5.41) is 0. The van der Waals surface area contributed by atoms with Crippen molar-refractivity contribution in [1.82, 2.24) is 0 Å². The summed E-state index contributed by atoms with van der Waals surface area (Å²) >= 11 is 0. The number of rotatable bonds is 3. The van der Waals surface area contributed by atoms with Crippen LogP contribution in [0.3, 0.4) is 0 Å². The highest BCUT2D eigenvalue weighted by atomic mass is 127. The average Bonchev–Trinajstić information content (AvgIpc) is 2.58. The van der Waals surface area contributed by atoms with Crippen LogP contribution in [0.5, 0.6) is 0 Å². The first kappa shape index (κ1) is 13.2. The molecule has 0 spiro atoms. The number of esters is 1. The highest BCUT2D eigenvalue weighted by molar-refractivity contribution is 5.70. The van der Waals surface area contributed by atoms with Crippen LogP contribution in [-0.2, 0) is 9.53 Å². The third kappa shape index (κ3) is 2.64. The van der Waals surface area contributed by atoms with Crippen LogP contribution in [0.1, 0.15) is 26.2 Å². The molecule has 88 valence electrons. The molecular formula is C11H20INO2. The lowest BCUT2D eigenvalue weighted by Gasteiger charge is -2.25. The number of halogens is 1. The zero-order chi connectivity index (χ0) is 10.2. The Kier molecular flexibility index (Phi) is 4.03. The van der Waals surface area contributed by atoms with E-state index in [-0.39, 0.29) is 29.9 Å². The number of quaternary nitrogens is 1. The summed E-state index contributed by atoms with van der Waals surface area (Å²) in [5.41, 5.74) is 0.293. The molecule has 0 atom stereocenters. The van der Waals surface area contributed by atoms with Crippen molar-refractivity contribution in [3.63, 3.8) is 0 Å². The Labute approximate surface area is 109 Å². The highest BCUT2D eigenvalue weighted by Crippen LogP contribution is 2.47. The number of carbonyl (C=O) groups excluding carboxylic acids is 1. The molecule has 0 saturated carbocycles. The predicted molar refractivity (Wildman–Crippen MR) is 53.7 cm³/mol. The van der Waals surface area contributed by atoms with Gasteiger partial charge in [0, 0.05) is 18.3 Å². The Hall–Kier alpha value is 0.160. The molecular weight excluding hydrogens is 305 g/mol. The van der Waals surface area contributed by atoms with Crippen LogP contribution < -0.4 is 24.0 Å². The first-order valence-electron chi connectivity index (χ1n) is 5.57. The van der Waals surface area contributed by atoms with E-state index in [1.165, 1.54) is 37.0 Å². The van der Waals surface area contributed by atoms with Gasteiger partial charge >= 0.3 is 5.97 Å². The smallest absolute Gasteiger partial charge is 0.306 e. The van der Waals surface area contributed by atoms with Gasteiger partial charge in [-0.2, -0.15) is 0 Å². The lowest BCUT2D eigenvalue weighted by atomic mass is 9.81. The first-order valence-corrected chi connectivity index (χ1v) is 5.57. The molecule has 2 aliphatic rings. The molecule has 15 heavy (non-hydrogen) atoms. The van der Waals surface area contributed by atoms with Crippen molar-refractivity contribution in [3.05, 3.63) is 0 Å². The molecule has 2 bridgehead atoms. The number of hydrogen-bond acceptors (Lipinski definition) is 2. The van der Waals surface area contributed by atoms with Gasteiger partial charge in [-0.1, -0.05) is 0 Å². The van der Waals surface area contributed by atoms with Gasteiger partial charge in [0.1, 0.15) is 0 Å². The fourth-order valence-electron chi connectivity index (χ4n) is 3.13. The molecule has 0 aromatic carbocycles. The molecule has 2 rings (SSSR count). The second-order valence-corrected chi connectivity index (χ2v) is 5.21. The fourth-order valence-corrected chi connectivity index (χ4v) is 3.13. The minimum absolute atomic E-state index is 0. The number of fused-ring (bicyclic) bond motifs is 2. The molecule has 2 fully saturated rings. The van der Waals surface area contributed by atoms with Crippen molar-refractivity contribution in [2.24, 2.45) is 5.41 Å². The van der Waals surface area contributed by atoms with Gasteiger partial charge in [0.05, 0.1) is 39.7 Å². The van der Waals surface area contributed by atoms with Gasteiger partial charge in [-0.25, -0.2) is 0 Å². The van der Waals surface area contributed by atoms with Crippen LogP contribution >= 0.6 is 0 Å². The van der Waals surface area contributed by atoms with Crippen molar-refractivity contribution in [2.45, 2.75) is 26.2 Å². The van der Waals surface area contributed by atoms with E-state index in [2.05, 4.69) is 7.05 Å². The van der Waals surface area contributed by atoms with E-state index < -0.39 is 0 Å². The van der Waals surface area contributed by atoms with Crippen LogP contribution in [-0.4, -0.2) is 43.7 Å². The monoisotopic (exact) mass is 325 g/mol. The topological polar surface area (TPSA) is 26.3 Å². The number of nitrogens with zero attached hydrogens (tertiary/aromatic N) is 1. The summed E-state index contributed by atoms with van der Waals surface area (Å²) in [4.78, 5) is 11.5. The molecule has 0 aliphatic carbocycles. The minimum atomic E-state index is 0. The Bertz CT molecular complexity index is 247. The highest BCUT2D eigenvalue weighted by Gasteiger charge is 2.54. The molecule has 3 nitrogen and oxygen atoms in total. The number of hydrogen-bond donors (Lipinski definition) is 0. The SMILES string of the molecule is CCOC(=O)CC12CC[N+](C)(CC1)C2.[I-]. The lowest BCUT2D eigenvalue weighted by molar-refractivity contribution is -0.890. The molecule has 0 amide bonds. The maximum Gasteiger partial charge on any atom is 0.306 e. The normalized spacial score (nSPS) is 37.5. The standard InChI is InChI=1S/C11H20NO2.HI/c1-3-14-10(13)8-11-4-6-12(2,9-11)7-5-11;/h3-9H2,1-2H3;1H/q+1;/p-1. The zero-order valence-corrected chi connectivity index (χ0v) is 11.7. The first-order chi connectivity index (χ1) is 6.58. The molecule has 2 heterocycles. The van der Waals surface area contributed by atoms with Gasteiger partial charge in [-0.15, -0.1) is 0 Å². The second-order valence-electron chi connectivity index (χ2n) is 5.21. The van der Waals surface area contributed by atoms with Gasteiger partial charge in [0.15, 0.2) is 0 Å². The van der Waals surface area contributed by atoms with Gasteiger partial charge in [0.25, 0.3) is 0 Å². The van der Waals surface area contributed by atoms with Crippen LogP contribution in [0.15, 0.2) is 0 Å². The summed E-state index contributed by atoms with van der Waals surface area (Å²) in [7, 11) is 2.31. The third-order valence-electron chi connectivity index (χ3n) is 3.91. The summed E-state index contributed by atoms with van der Waals surface area (Å²) in [5.74, 6) is 0.00264. The molecule has 0 aromatic heterocycles.